The Balaban J connectivity index is 1.53. The number of morpholine rings is 1. The molecule has 3 saturated heterocycles. The highest BCUT2D eigenvalue weighted by atomic mass is 16.5. The van der Waals surface area contributed by atoms with Crippen molar-refractivity contribution in [3.05, 3.63) is 0 Å². The highest BCUT2D eigenvalue weighted by molar-refractivity contribution is 4.93. The van der Waals surface area contributed by atoms with Crippen LogP contribution in [0.15, 0.2) is 0 Å². The van der Waals surface area contributed by atoms with Gasteiger partial charge in [0.05, 0.1) is 12.7 Å². The van der Waals surface area contributed by atoms with Crippen molar-refractivity contribution in [1.82, 2.24) is 15.1 Å². The Hall–Kier alpha value is -0.160. The second-order valence-corrected chi connectivity index (χ2v) is 6.99. The zero-order valence-electron chi connectivity index (χ0n) is 13.2. The molecule has 0 radical (unpaired) electrons. The number of ether oxygens (including phenoxy) is 1. The monoisotopic (exact) mass is 281 g/mol. The maximum absolute atomic E-state index is 6.03. The molecule has 0 aliphatic carbocycles. The fourth-order valence-electron chi connectivity index (χ4n) is 4.16. The number of nitrogens with zero attached hydrogens (tertiary/aromatic N) is 2. The number of rotatable bonds is 4. The second-order valence-electron chi connectivity index (χ2n) is 6.99. The van der Waals surface area contributed by atoms with Crippen molar-refractivity contribution in [2.24, 2.45) is 0 Å². The maximum atomic E-state index is 6.03. The van der Waals surface area contributed by atoms with Gasteiger partial charge in [0.15, 0.2) is 0 Å². The van der Waals surface area contributed by atoms with Gasteiger partial charge < -0.3 is 10.1 Å². The van der Waals surface area contributed by atoms with E-state index in [0.717, 1.165) is 38.3 Å². The first kappa shape index (κ1) is 14.8. The van der Waals surface area contributed by atoms with Gasteiger partial charge in [-0.3, -0.25) is 9.80 Å². The normalized spacial score (nSPS) is 37.0. The predicted molar refractivity (Wildman–Crippen MR) is 82.1 cm³/mol. The van der Waals surface area contributed by atoms with Crippen molar-refractivity contribution in [1.29, 1.82) is 0 Å². The van der Waals surface area contributed by atoms with Crippen LogP contribution in [0.3, 0.4) is 0 Å². The van der Waals surface area contributed by atoms with Crippen LogP contribution in [0.4, 0.5) is 0 Å². The molecule has 3 aliphatic rings. The van der Waals surface area contributed by atoms with Crippen LogP contribution in [-0.4, -0.2) is 73.4 Å². The Kier molecular flexibility index (Phi) is 4.97. The lowest BCUT2D eigenvalue weighted by Gasteiger charge is -2.39. The van der Waals surface area contributed by atoms with Gasteiger partial charge in [0.25, 0.3) is 0 Å². The van der Waals surface area contributed by atoms with Crippen molar-refractivity contribution in [3.63, 3.8) is 0 Å². The second kappa shape index (κ2) is 6.73. The summed E-state index contributed by atoms with van der Waals surface area (Å²) in [7, 11) is 0. The Morgan fingerprint density at radius 3 is 2.85 bits per heavy atom. The molecule has 4 heteroatoms. The standard InChI is InChI=1S/C16H31N3O/c1-13(2)18-9-10-20-14(11-18)12-19-8-4-6-16(19)15-5-3-7-17-15/h13-17H,3-12H2,1-2H3. The van der Waals surface area contributed by atoms with Gasteiger partial charge in [0.2, 0.25) is 0 Å². The molecule has 116 valence electrons. The Morgan fingerprint density at radius 2 is 2.10 bits per heavy atom. The Labute approximate surface area is 123 Å². The lowest BCUT2D eigenvalue weighted by molar-refractivity contribution is -0.0545. The largest absolute Gasteiger partial charge is 0.374 e. The summed E-state index contributed by atoms with van der Waals surface area (Å²) in [4.78, 5) is 5.27. The van der Waals surface area contributed by atoms with E-state index in [1.807, 2.05) is 0 Å². The zero-order chi connectivity index (χ0) is 13.9. The van der Waals surface area contributed by atoms with Gasteiger partial charge in [-0.1, -0.05) is 0 Å². The smallest absolute Gasteiger partial charge is 0.0829 e. The third-order valence-electron chi connectivity index (χ3n) is 5.32. The number of hydrogen-bond acceptors (Lipinski definition) is 4. The van der Waals surface area contributed by atoms with E-state index in [-0.39, 0.29) is 0 Å². The van der Waals surface area contributed by atoms with Gasteiger partial charge in [-0.25, -0.2) is 0 Å². The molecule has 3 fully saturated rings. The first-order chi connectivity index (χ1) is 9.74. The van der Waals surface area contributed by atoms with Crippen LogP contribution in [0.2, 0.25) is 0 Å². The minimum absolute atomic E-state index is 0.410. The molecule has 3 unspecified atom stereocenters. The average Bonchev–Trinajstić information content (AvgIpc) is 3.09. The Morgan fingerprint density at radius 1 is 1.20 bits per heavy atom. The topological polar surface area (TPSA) is 27.7 Å². The Bertz CT molecular complexity index is 304. The van der Waals surface area contributed by atoms with Gasteiger partial charge >= 0.3 is 0 Å². The minimum atomic E-state index is 0.410. The highest BCUT2D eigenvalue weighted by Crippen LogP contribution is 2.25. The van der Waals surface area contributed by atoms with E-state index in [0.29, 0.717) is 12.1 Å². The third-order valence-corrected chi connectivity index (χ3v) is 5.32. The number of nitrogens with one attached hydrogen (secondary N) is 1. The lowest BCUT2D eigenvalue weighted by atomic mass is 10.0. The zero-order valence-corrected chi connectivity index (χ0v) is 13.2. The van der Waals surface area contributed by atoms with Crippen LogP contribution < -0.4 is 5.32 Å². The predicted octanol–water partition coefficient (Wildman–Crippen LogP) is 1.31. The van der Waals surface area contributed by atoms with E-state index in [9.17, 15) is 0 Å². The molecular formula is C16H31N3O. The van der Waals surface area contributed by atoms with Gasteiger partial charge in [-0.15, -0.1) is 0 Å². The lowest BCUT2D eigenvalue weighted by Crippen LogP contribution is -2.52. The summed E-state index contributed by atoms with van der Waals surface area (Å²) in [6.45, 7) is 11.3. The molecule has 0 spiro atoms. The van der Waals surface area contributed by atoms with Crippen LogP contribution in [-0.2, 0) is 4.74 Å². The summed E-state index contributed by atoms with van der Waals surface area (Å²) in [5.74, 6) is 0. The van der Waals surface area contributed by atoms with E-state index in [1.54, 1.807) is 0 Å². The summed E-state index contributed by atoms with van der Waals surface area (Å²) < 4.78 is 6.03. The van der Waals surface area contributed by atoms with Crippen LogP contribution in [0.5, 0.6) is 0 Å². The van der Waals surface area contributed by atoms with Gasteiger partial charge in [0.1, 0.15) is 0 Å². The SMILES string of the molecule is CC(C)N1CCOC(CN2CCCC2C2CCCN2)C1. The molecule has 3 aliphatic heterocycles. The quantitative estimate of drug-likeness (QED) is 0.841. The van der Waals surface area contributed by atoms with Crippen LogP contribution in [0.25, 0.3) is 0 Å². The molecule has 3 atom stereocenters. The molecule has 20 heavy (non-hydrogen) atoms. The summed E-state index contributed by atoms with van der Waals surface area (Å²) in [6, 6.07) is 2.14. The van der Waals surface area contributed by atoms with E-state index < -0.39 is 0 Å². The fourth-order valence-corrected chi connectivity index (χ4v) is 4.16. The number of hydrogen-bond donors (Lipinski definition) is 1. The molecule has 0 saturated carbocycles. The molecule has 1 N–H and O–H groups in total. The highest BCUT2D eigenvalue weighted by Gasteiger charge is 2.35. The molecule has 0 aromatic carbocycles. The van der Waals surface area contributed by atoms with Crippen molar-refractivity contribution in [3.8, 4) is 0 Å². The molecule has 0 bridgehead atoms. The van der Waals surface area contributed by atoms with Gasteiger partial charge in [0, 0.05) is 37.8 Å². The third kappa shape index (κ3) is 3.35. The molecule has 0 aromatic heterocycles. The summed E-state index contributed by atoms with van der Waals surface area (Å²) >= 11 is 0. The van der Waals surface area contributed by atoms with Gasteiger partial charge in [-0.2, -0.15) is 0 Å². The summed E-state index contributed by atoms with van der Waals surface area (Å²) in [5, 5.41) is 3.70. The van der Waals surface area contributed by atoms with Gasteiger partial charge in [-0.05, 0) is 52.6 Å². The first-order valence-corrected chi connectivity index (χ1v) is 8.57. The average molecular weight is 281 g/mol. The summed E-state index contributed by atoms with van der Waals surface area (Å²) in [5.41, 5.74) is 0. The molecule has 0 amide bonds. The van der Waals surface area contributed by atoms with E-state index in [2.05, 4.69) is 29.0 Å². The molecule has 3 rings (SSSR count). The first-order valence-electron chi connectivity index (χ1n) is 8.57. The van der Waals surface area contributed by atoms with E-state index in [4.69, 9.17) is 4.74 Å². The van der Waals surface area contributed by atoms with E-state index in [1.165, 1.54) is 38.8 Å². The maximum Gasteiger partial charge on any atom is 0.0829 e. The van der Waals surface area contributed by atoms with E-state index >= 15 is 0 Å². The molecule has 3 heterocycles. The van der Waals surface area contributed by atoms with Crippen molar-refractivity contribution in [2.45, 2.75) is 63.8 Å². The summed E-state index contributed by atoms with van der Waals surface area (Å²) in [6.07, 6.45) is 5.87. The fraction of sp³-hybridized carbons (Fsp3) is 1.00. The minimum Gasteiger partial charge on any atom is -0.374 e. The van der Waals surface area contributed by atoms with Crippen LogP contribution >= 0.6 is 0 Å². The van der Waals surface area contributed by atoms with Crippen molar-refractivity contribution in [2.75, 3.05) is 39.3 Å². The molecule has 4 nitrogen and oxygen atoms in total. The van der Waals surface area contributed by atoms with Crippen molar-refractivity contribution >= 4 is 0 Å². The molecule has 0 aromatic rings. The van der Waals surface area contributed by atoms with Crippen LogP contribution in [0.1, 0.15) is 39.5 Å². The molecular weight excluding hydrogens is 250 g/mol. The van der Waals surface area contributed by atoms with Crippen LogP contribution in [0, 0.1) is 0 Å². The van der Waals surface area contributed by atoms with Crippen molar-refractivity contribution < 1.29 is 4.74 Å². The number of likely N-dealkylation sites (tertiary alicyclic amines) is 1.